The molecule has 2 unspecified atom stereocenters. The van der Waals surface area contributed by atoms with Gasteiger partial charge in [0.1, 0.15) is 0 Å². The molecule has 0 saturated heterocycles. The van der Waals surface area contributed by atoms with Crippen molar-refractivity contribution in [1.29, 1.82) is 0 Å². The fourth-order valence-electron chi connectivity index (χ4n) is 2.05. The Bertz CT molecular complexity index is 418. The van der Waals surface area contributed by atoms with Crippen LogP contribution in [0.3, 0.4) is 0 Å². The van der Waals surface area contributed by atoms with Crippen molar-refractivity contribution in [3.63, 3.8) is 0 Å². The zero-order valence-corrected chi connectivity index (χ0v) is 10.9. The number of carboxylic acid groups (broad SMARTS) is 1. The van der Waals surface area contributed by atoms with Gasteiger partial charge in [0.25, 0.3) is 0 Å². The van der Waals surface area contributed by atoms with E-state index in [2.05, 4.69) is 9.46 Å². The minimum atomic E-state index is -3.85. The Morgan fingerprint density at radius 3 is 2.50 bits per heavy atom. The second-order valence-corrected chi connectivity index (χ2v) is 6.04. The Balaban J connectivity index is 2.69. The van der Waals surface area contributed by atoms with Gasteiger partial charge in [0.15, 0.2) is 5.75 Å². The number of hydrogen-bond acceptors (Lipinski definition) is 5. The molecule has 2 atom stereocenters. The van der Waals surface area contributed by atoms with E-state index in [9.17, 15) is 18.0 Å². The molecule has 0 aromatic heterocycles. The maximum Gasteiger partial charge on any atom is 0.322 e. The quantitative estimate of drug-likeness (QED) is 0.670. The van der Waals surface area contributed by atoms with Gasteiger partial charge in [-0.1, -0.05) is 12.8 Å². The molecule has 8 heteroatoms. The Morgan fingerprint density at radius 2 is 1.94 bits per heavy atom. The molecule has 0 aromatic rings. The summed E-state index contributed by atoms with van der Waals surface area (Å²) in [6.07, 6.45) is 2.46. The summed E-state index contributed by atoms with van der Waals surface area (Å²) in [6.45, 7) is 0. The lowest BCUT2D eigenvalue weighted by Crippen LogP contribution is -2.46. The molecule has 1 rings (SSSR count). The van der Waals surface area contributed by atoms with Crippen LogP contribution >= 0.6 is 0 Å². The van der Waals surface area contributed by atoms with Gasteiger partial charge in [-0.05, 0) is 12.8 Å². The molecule has 0 heterocycles. The van der Waals surface area contributed by atoms with Gasteiger partial charge < -0.3 is 9.84 Å². The molecule has 7 nitrogen and oxygen atoms in total. The number of carbonyl (C=O) groups is 2. The van der Waals surface area contributed by atoms with Crippen molar-refractivity contribution in [3.05, 3.63) is 0 Å². The van der Waals surface area contributed by atoms with Crippen LogP contribution in [0.5, 0.6) is 0 Å². The molecule has 2 N–H and O–H groups in total. The first-order valence-electron chi connectivity index (χ1n) is 5.65. The molecule has 0 aromatic carbocycles. The van der Waals surface area contributed by atoms with Crippen LogP contribution in [0, 0.1) is 5.92 Å². The fourth-order valence-corrected chi connectivity index (χ4v) is 3.31. The molecule has 0 spiro atoms. The number of carboxylic acids is 1. The summed E-state index contributed by atoms with van der Waals surface area (Å²) in [6, 6.07) is -0.647. The average molecular weight is 279 g/mol. The molecular formula is C10H17NO6S. The number of methoxy groups -OCH3 is 1. The minimum absolute atomic E-state index is 0.445. The first-order valence-corrected chi connectivity index (χ1v) is 7.30. The molecule has 18 heavy (non-hydrogen) atoms. The molecule has 104 valence electrons. The maximum atomic E-state index is 11.6. The van der Waals surface area contributed by atoms with E-state index in [1.807, 2.05) is 0 Å². The van der Waals surface area contributed by atoms with Crippen LogP contribution in [-0.4, -0.2) is 44.4 Å². The third-order valence-corrected chi connectivity index (χ3v) is 4.23. The predicted molar refractivity (Wildman–Crippen MR) is 62.3 cm³/mol. The van der Waals surface area contributed by atoms with Crippen LogP contribution in [0.2, 0.25) is 0 Å². The number of esters is 1. The Hall–Kier alpha value is -1.15. The van der Waals surface area contributed by atoms with Crippen LogP contribution in [0.25, 0.3) is 0 Å². The zero-order valence-electron chi connectivity index (χ0n) is 10.1. The summed E-state index contributed by atoms with van der Waals surface area (Å²) < 4.78 is 29.8. The van der Waals surface area contributed by atoms with E-state index in [1.54, 1.807) is 0 Å². The smallest absolute Gasteiger partial charge is 0.322 e. The number of ether oxygens (including phenoxy) is 1. The van der Waals surface area contributed by atoms with Crippen molar-refractivity contribution in [2.45, 2.75) is 31.7 Å². The third-order valence-electron chi connectivity index (χ3n) is 2.95. The Kier molecular flexibility index (Phi) is 5.09. The predicted octanol–water partition coefficient (Wildman–Crippen LogP) is -0.278. The molecular weight excluding hydrogens is 262 g/mol. The first-order chi connectivity index (χ1) is 8.35. The highest BCUT2D eigenvalue weighted by Crippen LogP contribution is 2.25. The van der Waals surface area contributed by atoms with E-state index in [0.717, 1.165) is 20.0 Å². The van der Waals surface area contributed by atoms with E-state index in [1.165, 1.54) is 0 Å². The van der Waals surface area contributed by atoms with E-state index in [4.69, 9.17) is 5.11 Å². The molecule has 1 saturated carbocycles. The zero-order chi connectivity index (χ0) is 13.8. The van der Waals surface area contributed by atoms with Crippen LogP contribution in [0.4, 0.5) is 0 Å². The van der Waals surface area contributed by atoms with Crippen molar-refractivity contribution in [2.24, 2.45) is 5.92 Å². The largest absolute Gasteiger partial charge is 0.481 e. The van der Waals surface area contributed by atoms with Gasteiger partial charge in [0.2, 0.25) is 10.0 Å². The van der Waals surface area contributed by atoms with Crippen molar-refractivity contribution in [1.82, 2.24) is 4.72 Å². The average Bonchev–Trinajstić information content (AvgIpc) is 2.28. The fraction of sp³-hybridized carbons (Fsp3) is 0.800. The van der Waals surface area contributed by atoms with E-state index in [0.29, 0.717) is 12.8 Å². The molecule has 1 fully saturated rings. The number of nitrogens with one attached hydrogen (secondary N) is 1. The van der Waals surface area contributed by atoms with E-state index >= 15 is 0 Å². The van der Waals surface area contributed by atoms with E-state index < -0.39 is 39.7 Å². The standard InChI is InChI=1S/C10H17NO6S/c1-17-9(12)6-18(15,16)11-8-5-3-2-4-7(8)10(13)14/h7-8,11H,2-6H2,1H3,(H,13,14). The molecule has 1 aliphatic carbocycles. The van der Waals surface area contributed by atoms with Crippen LogP contribution in [0.1, 0.15) is 25.7 Å². The van der Waals surface area contributed by atoms with Crippen molar-refractivity contribution in [2.75, 3.05) is 12.9 Å². The summed E-state index contributed by atoms with van der Waals surface area (Å²) >= 11 is 0. The molecule has 0 bridgehead atoms. The van der Waals surface area contributed by atoms with Crippen molar-refractivity contribution in [3.8, 4) is 0 Å². The minimum Gasteiger partial charge on any atom is -0.481 e. The highest BCUT2D eigenvalue weighted by atomic mass is 32.2. The lowest BCUT2D eigenvalue weighted by atomic mass is 9.85. The first kappa shape index (κ1) is 14.9. The number of rotatable bonds is 5. The lowest BCUT2D eigenvalue weighted by molar-refractivity contribution is -0.143. The summed E-state index contributed by atoms with van der Waals surface area (Å²) in [5, 5.41) is 9.01. The van der Waals surface area contributed by atoms with Gasteiger partial charge in [0.05, 0.1) is 13.0 Å². The van der Waals surface area contributed by atoms with Gasteiger partial charge >= 0.3 is 11.9 Å². The van der Waals surface area contributed by atoms with Crippen molar-refractivity contribution >= 4 is 22.0 Å². The van der Waals surface area contributed by atoms with Gasteiger partial charge in [-0.25, -0.2) is 13.1 Å². The van der Waals surface area contributed by atoms with Gasteiger partial charge in [-0.3, -0.25) is 9.59 Å². The van der Waals surface area contributed by atoms with Gasteiger partial charge in [0, 0.05) is 6.04 Å². The van der Waals surface area contributed by atoms with Crippen LogP contribution in [0.15, 0.2) is 0 Å². The number of hydrogen-bond donors (Lipinski definition) is 2. The SMILES string of the molecule is COC(=O)CS(=O)(=O)NC1CCCCC1C(=O)O. The second-order valence-electron chi connectivity index (χ2n) is 4.29. The van der Waals surface area contributed by atoms with Gasteiger partial charge in [-0.2, -0.15) is 0 Å². The Labute approximate surface area is 106 Å². The highest BCUT2D eigenvalue weighted by molar-refractivity contribution is 7.90. The number of aliphatic carboxylic acids is 1. The maximum absolute atomic E-state index is 11.6. The topological polar surface area (TPSA) is 110 Å². The molecule has 0 aliphatic heterocycles. The van der Waals surface area contributed by atoms with Crippen LogP contribution in [-0.2, 0) is 24.3 Å². The molecule has 1 aliphatic rings. The Morgan fingerprint density at radius 1 is 1.33 bits per heavy atom. The second kappa shape index (κ2) is 6.14. The van der Waals surface area contributed by atoms with E-state index in [-0.39, 0.29) is 0 Å². The summed E-state index contributed by atoms with van der Waals surface area (Å²) in [5.74, 6) is -3.40. The summed E-state index contributed by atoms with van der Waals surface area (Å²) in [5.41, 5.74) is 0. The molecule has 0 amide bonds. The monoisotopic (exact) mass is 279 g/mol. The summed E-state index contributed by atoms with van der Waals surface area (Å²) in [7, 11) is -2.75. The normalized spacial score (nSPS) is 24.5. The highest BCUT2D eigenvalue weighted by Gasteiger charge is 2.34. The van der Waals surface area contributed by atoms with Crippen molar-refractivity contribution < 1.29 is 27.9 Å². The van der Waals surface area contributed by atoms with Crippen LogP contribution < -0.4 is 4.72 Å². The number of carbonyl (C=O) groups excluding carboxylic acids is 1. The van der Waals surface area contributed by atoms with Gasteiger partial charge in [-0.15, -0.1) is 0 Å². The summed E-state index contributed by atoms with van der Waals surface area (Å²) in [4.78, 5) is 21.9. The molecule has 0 radical (unpaired) electrons. The third kappa shape index (κ3) is 4.26. The lowest BCUT2D eigenvalue weighted by Gasteiger charge is -2.28. The number of sulfonamides is 1.